The molecular formula is C14H21NO3S. The molecule has 0 spiro atoms. The Hall–Kier alpha value is -1.04. The van der Waals surface area contributed by atoms with Gasteiger partial charge >= 0.3 is 0 Å². The Morgan fingerprint density at radius 1 is 1.42 bits per heavy atom. The number of para-hydroxylation sites is 1. The fourth-order valence-corrected chi connectivity index (χ4v) is 2.59. The molecule has 1 aromatic carbocycles. The summed E-state index contributed by atoms with van der Waals surface area (Å²) >= 11 is 1.34. The third-order valence-corrected chi connectivity index (χ3v) is 3.84. The largest absolute Gasteiger partial charge is 0.394 e. The number of nitrogens with zero attached hydrogens (tertiary/aromatic N) is 1. The van der Waals surface area contributed by atoms with E-state index in [-0.39, 0.29) is 12.5 Å². The van der Waals surface area contributed by atoms with Gasteiger partial charge in [-0.1, -0.05) is 18.2 Å². The molecule has 106 valence electrons. The van der Waals surface area contributed by atoms with Crippen molar-refractivity contribution in [2.24, 2.45) is 0 Å². The predicted molar refractivity (Wildman–Crippen MR) is 79.6 cm³/mol. The highest BCUT2D eigenvalue weighted by Gasteiger charge is 2.15. The molecule has 0 aliphatic rings. The van der Waals surface area contributed by atoms with Crippen molar-refractivity contribution >= 4 is 23.4 Å². The molecule has 1 aromatic rings. The number of amides is 1. The number of carbonyl (C=O) groups excluding carboxylic acids is 1. The minimum Gasteiger partial charge on any atom is -0.394 e. The second kappa shape index (κ2) is 8.19. The highest BCUT2D eigenvalue weighted by molar-refractivity contribution is 8.00. The Kier molecular flexibility index (Phi) is 6.91. The van der Waals surface area contributed by atoms with Gasteiger partial charge in [-0.2, -0.15) is 0 Å². The Morgan fingerprint density at radius 2 is 2.11 bits per heavy atom. The highest BCUT2D eigenvalue weighted by atomic mass is 32.2. The van der Waals surface area contributed by atoms with E-state index in [1.54, 1.807) is 4.90 Å². The molecule has 19 heavy (non-hydrogen) atoms. The zero-order valence-corrected chi connectivity index (χ0v) is 12.2. The zero-order chi connectivity index (χ0) is 14.3. The maximum absolute atomic E-state index is 12.2. The predicted octanol–water partition coefficient (Wildman–Crippen LogP) is 1.43. The van der Waals surface area contributed by atoms with Crippen molar-refractivity contribution in [2.75, 3.05) is 29.6 Å². The maximum atomic E-state index is 12.2. The maximum Gasteiger partial charge on any atom is 0.236 e. The lowest BCUT2D eigenvalue weighted by Crippen LogP contribution is -2.33. The van der Waals surface area contributed by atoms with Gasteiger partial charge in [-0.15, -0.1) is 11.8 Å². The summed E-state index contributed by atoms with van der Waals surface area (Å²) in [6, 6.07) is 7.78. The normalized spacial score (nSPS) is 12.2. The van der Waals surface area contributed by atoms with E-state index in [4.69, 9.17) is 5.11 Å². The van der Waals surface area contributed by atoms with Crippen LogP contribution in [0.15, 0.2) is 24.3 Å². The van der Waals surface area contributed by atoms with E-state index >= 15 is 0 Å². The van der Waals surface area contributed by atoms with Crippen molar-refractivity contribution in [3.63, 3.8) is 0 Å². The van der Waals surface area contributed by atoms with Crippen LogP contribution in [0.3, 0.4) is 0 Å². The quantitative estimate of drug-likeness (QED) is 0.795. The van der Waals surface area contributed by atoms with E-state index in [0.29, 0.717) is 18.1 Å². The molecule has 0 aliphatic carbocycles. The molecule has 1 rings (SSSR count). The molecule has 1 unspecified atom stereocenters. The summed E-state index contributed by atoms with van der Waals surface area (Å²) in [5.41, 5.74) is 2.00. The van der Waals surface area contributed by atoms with Gasteiger partial charge in [-0.3, -0.25) is 4.79 Å². The summed E-state index contributed by atoms with van der Waals surface area (Å²) in [7, 11) is 0. The van der Waals surface area contributed by atoms with Gasteiger partial charge in [0, 0.05) is 18.0 Å². The first kappa shape index (κ1) is 16.0. The SMILES string of the molecule is CCN(C(=O)CSCC(O)CO)c1ccccc1C. The van der Waals surface area contributed by atoms with Crippen molar-refractivity contribution in [3.05, 3.63) is 29.8 Å². The van der Waals surface area contributed by atoms with Gasteiger partial charge in [0.05, 0.1) is 18.5 Å². The molecule has 0 aromatic heterocycles. The van der Waals surface area contributed by atoms with Crippen molar-refractivity contribution in [2.45, 2.75) is 20.0 Å². The van der Waals surface area contributed by atoms with Crippen LogP contribution >= 0.6 is 11.8 Å². The van der Waals surface area contributed by atoms with Gasteiger partial charge in [0.2, 0.25) is 5.91 Å². The lowest BCUT2D eigenvalue weighted by atomic mass is 10.2. The van der Waals surface area contributed by atoms with Gasteiger partial charge in [0.15, 0.2) is 0 Å². The van der Waals surface area contributed by atoms with Crippen LogP contribution < -0.4 is 4.90 Å². The van der Waals surface area contributed by atoms with Gasteiger partial charge < -0.3 is 15.1 Å². The number of rotatable bonds is 7. The van der Waals surface area contributed by atoms with Gasteiger partial charge in [-0.05, 0) is 25.5 Å². The fraction of sp³-hybridized carbons (Fsp3) is 0.500. The third kappa shape index (κ3) is 4.86. The Morgan fingerprint density at radius 3 is 2.68 bits per heavy atom. The van der Waals surface area contributed by atoms with Crippen molar-refractivity contribution in [3.8, 4) is 0 Å². The average Bonchev–Trinajstić information content (AvgIpc) is 2.41. The number of hydrogen-bond acceptors (Lipinski definition) is 4. The van der Waals surface area contributed by atoms with Gasteiger partial charge in [0.1, 0.15) is 0 Å². The molecule has 0 radical (unpaired) electrons. The summed E-state index contributed by atoms with van der Waals surface area (Å²) in [4.78, 5) is 13.9. The van der Waals surface area contributed by atoms with Crippen LogP contribution in [0.4, 0.5) is 5.69 Å². The Balaban J connectivity index is 2.60. The number of hydrogen-bond donors (Lipinski definition) is 2. The summed E-state index contributed by atoms with van der Waals surface area (Å²) in [6.07, 6.45) is -0.758. The summed E-state index contributed by atoms with van der Waals surface area (Å²) < 4.78 is 0. The van der Waals surface area contributed by atoms with Crippen molar-refractivity contribution in [1.82, 2.24) is 0 Å². The van der Waals surface area contributed by atoms with Crippen LogP contribution in [0.1, 0.15) is 12.5 Å². The van der Waals surface area contributed by atoms with Crippen LogP contribution in [0.2, 0.25) is 0 Å². The molecule has 5 heteroatoms. The van der Waals surface area contributed by atoms with E-state index in [2.05, 4.69) is 0 Å². The van der Waals surface area contributed by atoms with Crippen molar-refractivity contribution in [1.29, 1.82) is 0 Å². The second-order valence-corrected chi connectivity index (χ2v) is 5.31. The molecular weight excluding hydrogens is 262 g/mol. The number of aliphatic hydroxyl groups is 2. The lowest BCUT2D eigenvalue weighted by molar-refractivity contribution is -0.116. The molecule has 0 bridgehead atoms. The molecule has 0 saturated carbocycles. The summed E-state index contributed by atoms with van der Waals surface area (Å²) in [5.74, 6) is 0.694. The molecule has 1 atom stereocenters. The van der Waals surface area contributed by atoms with E-state index in [9.17, 15) is 9.90 Å². The number of thioether (sulfide) groups is 1. The number of aryl methyl sites for hydroxylation is 1. The van der Waals surface area contributed by atoms with E-state index in [1.165, 1.54) is 11.8 Å². The standard InChI is InChI=1S/C14H21NO3S/c1-3-15(13-7-5-4-6-11(13)2)14(18)10-19-9-12(17)8-16/h4-7,12,16-17H,3,8-10H2,1-2H3. The molecule has 2 N–H and O–H groups in total. The third-order valence-electron chi connectivity index (χ3n) is 2.77. The monoisotopic (exact) mass is 283 g/mol. The number of aliphatic hydroxyl groups excluding tert-OH is 2. The van der Waals surface area contributed by atoms with Gasteiger partial charge in [0.25, 0.3) is 0 Å². The van der Waals surface area contributed by atoms with Crippen LogP contribution in [0, 0.1) is 6.92 Å². The van der Waals surface area contributed by atoms with E-state index < -0.39 is 6.10 Å². The first-order valence-electron chi connectivity index (χ1n) is 6.32. The Labute approximate surface area is 118 Å². The van der Waals surface area contributed by atoms with Crippen LogP contribution in [0.5, 0.6) is 0 Å². The Bertz CT molecular complexity index is 411. The average molecular weight is 283 g/mol. The number of anilines is 1. The smallest absolute Gasteiger partial charge is 0.236 e. The molecule has 0 aliphatic heterocycles. The first-order valence-corrected chi connectivity index (χ1v) is 7.48. The van der Waals surface area contributed by atoms with Crippen LogP contribution in [-0.4, -0.2) is 46.9 Å². The minimum absolute atomic E-state index is 0.0203. The number of carbonyl (C=O) groups is 1. The second-order valence-electron chi connectivity index (χ2n) is 4.28. The van der Waals surface area contributed by atoms with Crippen LogP contribution in [0.25, 0.3) is 0 Å². The fourth-order valence-electron chi connectivity index (χ4n) is 1.76. The minimum atomic E-state index is -0.758. The molecule has 0 heterocycles. The summed E-state index contributed by atoms with van der Waals surface area (Å²) in [5, 5.41) is 17.9. The van der Waals surface area contributed by atoms with Crippen LogP contribution in [-0.2, 0) is 4.79 Å². The van der Waals surface area contributed by atoms with Crippen molar-refractivity contribution < 1.29 is 15.0 Å². The van der Waals surface area contributed by atoms with Gasteiger partial charge in [-0.25, -0.2) is 0 Å². The molecule has 0 saturated heterocycles. The first-order chi connectivity index (χ1) is 9.10. The molecule has 1 amide bonds. The molecule has 4 nitrogen and oxygen atoms in total. The highest BCUT2D eigenvalue weighted by Crippen LogP contribution is 2.20. The lowest BCUT2D eigenvalue weighted by Gasteiger charge is -2.23. The molecule has 0 fully saturated rings. The van der Waals surface area contributed by atoms with E-state index in [0.717, 1.165) is 11.3 Å². The summed E-state index contributed by atoms with van der Waals surface area (Å²) in [6.45, 7) is 4.27. The van der Waals surface area contributed by atoms with E-state index in [1.807, 2.05) is 38.1 Å². The topological polar surface area (TPSA) is 60.8 Å². The zero-order valence-electron chi connectivity index (χ0n) is 11.4. The number of benzene rings is 1.